The van der Waals surface area contributed by atoms with Gasteiger partial charge in [0.1, 0.15) is 5.69 Å². The van der Waals surface area contributed by atoms with E-state index in [-0.39, 0.29) is 18.1 Å². The molecule has 1 N–H and O–H groups in total. The molecule has 2 rings (SSSR count). The van der Waals surface area contributed by atoms with Crippen LogP contribution >= 0.6 is 0 Å². The molecule has 0 unspecified atom stereocenters. The number of rotatable bonds is 7. The molecule has 0 aliphatic rings. The van der Waals surface area contributed by atoms with Crippen molar-refractivity contribution in [2.45, 2.75) is 17.2 Å². The Bertz CT molecular complexity index is 884. The molecule has 10 nitrogen and oxygen atoms in total. The van der Waals surface area contributed by atoms with Gasteiger partial charge >= 0.3 is 5.76 Å². The van der Waals surface area contributed by atoms with Gasteiger partial charge < -0.3 is 14.7 Å². The van der Waals surface area contributed by atoms with Crippen LogP contribution < -0.4 is 10.2 Å². The maximum absolute atomic E-state index is 12.6. The summed E-state index contributed by atoms with van der Waals surface area (Å²) in [5, 5.41) is 17.4. The number of hydrogen-bond donors (Lipinski definition) is 1. The van der Waals surface area contributed by atoms with Gasteiger partial charge in [0, 0.05) is 20.2 Å². The molecule has 0 saturated carbocycles. The number of sulfone groups is 1. The van der Waals surface area contributed by atoms with Gasteiger partial charge in [0.25, 0.3) is 11.6 Å². The number of nitrogens with zero attached hydrogens (tertiary/aromatic N) is 4. The third-order valence-corrected chi connectivity index (χ3v) is 4.40. The van der Waals surface area contributed by atoms with Crippen LogP contribution in [0, 0.1) is 10.1 Å². The summed E-state index contributed by atoms with van der Waals surface area (Å²) in [6.07, 6.45) is 0. The van der Waals surface area contributed by atoms with Gasteiger partial charge in [-0.3, -0.25) is 10.1 Å². The van der Waals surface area contributed by atoms with Gasteiger partial charge in [-0.1, -0.05) is 0 Å². The summed E-state index contributed by atoms with van der Waals surface area (Å²) in [4.78, 5) is 15.0. The Hall–Kier alpha value is -2.83. The van der Waals surface area contributed by atoms with Crippen molar-refractivity contribution in [3.05, 3.63) is 34.2 Å². The van der Waals surface area contributed by atoms with E-state index < -0.39 is 31.1 Å². The summed E-state index contributed by atoms with van der Waals surface area (Å²) in [6.45, 7) is -0.0807. The van der Waals surface area contributed by atoms with E-state index in [9.17, 15) is 27.3 Å². The first-order chi connectivity index (χ1) is 11.6. The molecule has 1 heterocycles. The summed E-state index contributed by atoms with van der Waals surface area (Å²) in [5.41, 5.74) is -0.753. The largest absolute Gasteiger partial charge is 0.371 e. The second-order valence-corrected chi connectivity index (χ2v) is 6.90. The molecule has 2 aromatic rings. The van der Waals surface area contributed by atoms with Crippen LogP contribution in [0.4, 0.5) is 26.1 Å². The van der Waals surface area contributed by atoms with Crippen LogP contribution in [0.15, 0.2) is 27.6 Å². The van der Waals surface area contributed by atoms with Crippen molar-refractivity contribution >= 4 is 27.2 Å². The molecule has 0 amide bonds. The minimum atomic E-state index is -4.93. The number of hydrogen-bond acceptors (Lipinski definition) is 9. The molecule has 0 fully saturated rings. The summed E-state index contributed by atoms with van der Waals surface area (Å²) in [7, 11) is -1.56. The first-order valence-electron chi connectivity index (χ1n) is 6.67. The molecular formula is C12H13F2N5O5S. The Kier molecular flexibility index (Phi) is 5.15. The van der Waals surface area contributed by atoms with Gasteiger partial charge in [-0.25, -0.2) is 8.42 Å². The first-order valence-corrected chi connectivity index (χ1v) is 8.22. The molecule has 13 heteroatoms. The van der Waals surface area contributed by atoms with Crippen molar-refractivity contribution in [1.29, 1.82) is 0 Å². The highest BCUT2D eigenvalue weighted by atomic mass is 32.2. The Morgan fingerprint density at radius 2 is 2.08 bits per heavy atom. The number of alkyl halides is 2. The average Bonchev–Trinajstić information content (AvgIpc) is 3.01. The number of benzene rings is 1. The lowest BCUT2D eigenvalue weighted by Gasteiger charge is -2.07. The van der Waals surface area contributed by atoms with Crippen LogP contribution in [0.2, 0.25) is 0 Å². The summed E-state index contributed by atoms with van der Waals surface area (Å²) in [6, 6.07) is 2.45. The topological polar surface area (TPSA) is 131 Å². The van der Waals surface area contributed by atoms with Gasteiger partial charge in [-0.15, -0.1) is 0 Å². The van der Waals surface area contributed by atoms with E-state index in [1.54, 1.807) is 19.0 Å². The minimum Gasteiger partial charge on any atom is -0.371 e. The monoisotopic (exact) mass is 377 g/mol. The summed E-state index contributed by atoms with van der Waals surface area (Å²) in [5.74, 6) is -3.25. The molecule has 25 heavy (non-hydrogen) atoms. The van der Waals surface area contributed by atoms with Crippen LogP contribution in [0.5, 0.6) is 0 Å². The zero-order valence-corrected chi connectivity index (χ0v) is 13.8. The standard InChI is InChI=1S/C12H13F2N5O5S/c1-18(2)12-16-10(24-17-12)6-15-8-4-3-7(5-9(8)19(20)21)25(22,23)11(13)14/h3-5,11,15H,6H2,1-2H3. The average molecular weight is 377 g/mol. The van der Waals surface area contributed by atoms with Crippen LogP contribution in [0.3, 0.4) is 0 Å². The van der Waals surface area contributed by atoms with E-state index in [1.807, 2.05) is 0 Å². The van der Waals surface area contributed by atoms with E-state index in [0.29, 0.717) is 12.0 Å². The highest BCUT2D eigenvalue weighted by Crippen LogP contribution is 2.30. The normalized spacial score (nSPS) is 11.6. The lowest BCUT2D eigenvalue weighted by molar-refractivity contribution is -0.384. The SMILES string of the molecule is CN(C)c1noc(CNc2ccc(S(=O)(=O)C(F)F)cc2[N+](=O)[O-])n1. The van der Waals surface area contributed by atoms with E-state index in [2.05, 4.69) is 15.5 Å². The lowest BCUT2D eigenvalue weighted by Crippen LogP contribution is -2.12. The Balaban J connectivity index is 2.27. The molecule has 0 atom stereocenters. The fourth-order valence-corrected chi connectivity index (χ4v) is 2.50. The molecule has 0 aliphatic heterocycles. The second kappa shape index (κ2) is 6.96. The third kappa shape index (κ3) is 3.99. The van der Waals surface area contributed by atoms with Crippen LogP contribution in [0.1, 0.15) is 5.89 Å². The molecule has 0 saturated heterocycles. The highest BCUT2D eigenvalue weighted by Gasteiger charge is 2.29. The first kappa shape index (κ1) is 18.5. The number of nitrogens with one attached hydrogen (secondary N) is 1. The van der Waals surface area contributed by atoms with Gasteiger partial charge in [-0.2, -0.15) is 13.8 Å². The minimum absolute atomic E-state index is 0.0807. The van der Waals surface area contributed by atoms with E-state index in [1.165, 1.54) is 0 Å². The number of halogens is 2. The molecule has 0 aliphatic carbocycles. The number of aromatic nitrogens is 2. The smallest absolute Gasteiger partial charge is 0.341 e. The van der Waals surface area contributed by atoms with Crippen molar-refractivity contribution in [3.63, 3.8) is 0 Å². The lowest BCUT2D eigenvalue weighted by atomic mass is 10.2. The molecule has 1 aromatic heterocycles. The second-order valence-electron chi connectivity index (χ2n) is 4.98. The van der Waals surface area contributed by atoms with Gasteiger partial charge in [0.05, 0.1) is 16.4 Å². The highest BCUT2D eigenvalue weighted by molar-refractivity contribution is 7.91. The zero-order chi connectivity index (χ0) is 18.8. The summed E-state index contributed by atoms with van der Waals surface area (Å²) >= 11 is 0. The number of nitro benzene ring substituents is 1. The Morgan fingerprint density at radius 3 is 2.60 bits per heavy atom. The molecule has 1 aromatic carbocycles. The van der Waals surface area contributed by atoms with E-state index in [0.717, 1.165) is 12.1 Å². The molecule has 0 bridgehead atoms. The van der Waals surface area contributed by atoms with Gasteiger partial charge in [0.15, 0.2) is 0 Å². The Morgan fingerprint density at radius 1 is 1.40 bits per heavy atom. The van der Waals surface area contributed by atoms with Crippen molar-refractivity contribution in [3.8, 4) is 0 Å². The van der Waals surface area contributed by atoms with Crippen LogP contribution in [0.25, 0.3) is 0 Å². The third-order valence-electron chi connectivity index (χ3n) is 3.02. The zero-order valence-electron chi connectivity index (χ0n) is 13.0. The van der Waals surface area contributed by atoms with Crippen molar-refractivity contribution in [2.75, 3.05) is 24.3 Å². The van der Waals surface area contributed by atoms with E-state index in [4.69, 9.17) is 4.52 Å². The van der Waals surface area contributed by atoms with Gasteiger partial charge in [-0.05, 0) is 17.3 Å². The van der Waals surface area contributed by atoms with Crippen molar-refractivity contribution in [1.82, 2.24) is 10.1 Å². The fourth-order valence-electron chi connectivity index (χ4n) is 1.76. The maximum atomic E-state index is 12.6. The quantitative estimate of drug-likeness (QED) is 0.565. The maximum Gasteiger partial charge on any atom is 0.341 e. The number of nitro groups is 1. The van der Waals surface area contributed by atoms with Crippen LogP contribution in [-0.4, -0.2) is 43.3 Å². The predicted molar refractivity (Wildman–Crippen MR) is 82.2 cm³/mol. The number of anilines is 2. The summed E-state index contributed by atoms with van der Waals surface area (Å²) < 4.78 is 52.9. The molecule has 0 spiro atoms. The van der Waals surface area contributed by atoms with E-state index >= 15 is 0 Å². The van der Waals surface area contributed by atoms with Crippen LogP contribution in [-0.2, 0) is 16.4 Å². The predicted octanol–water partition coefficient (Wildman–Crippen LogP) is 1.65. The molecular weight excluding hydrogens is 364 g/mol. The Labute approximate surface area is 140 Å². The van der Waals surface area contributed by atoms with Crippen molar-refractivity contribution in [2.24, 2.45) is 0 Å². The fraction of sp³-hybridized carbons (Fsp3) is 0.333. The molecule has 136 valence electrons. The molecule has 0 radical (unpaired) electrons. The van der Waals surface area contributed by atoms with Crippen molar-refractivity contribution < 1.29 is 26.6 Å². The van der Waals surface area contributed by atoms with Gasteiger partial charge in [0.2, 0.25) is 15.7 Å².